The number of anilines is 1. The lowest BCUT2D eigenvalue weighted by Crippen LogP contribution is -2.28. The van der Waals surface area contributed by atoms with Gasteiger partial charge in [-0.2, -0.15) is 0 Å². The predicted octanol–water partition coefficient (Wildman–Crippen LogP) is 3.74. The first-order valence-electron chi connectivity index (χ1n) is 9.32. The maximum Gasteiger partial charge on any atom is 0.251 e. The van der Waals surface area contributed by atoms with Crippen molar-refractivity contribution in [2.24, 2.45) is 29.4 Å². The molecule has 4 atom stereocenters. The van der Waals surface area contributed by atoms with Gasteiger partial charge in [0.1, 0.15) is 5.00 Å². The first-order chi connectivity index (χ1) is 11.6. The van der Waals surface area contributed by atoms with Crippen LogP contribution in [0.15, 0.2) is 0 Å². The summed E-state index contributed by atoms with van der Waals surface area (Å²) in [5, 5.41) is 3.79. The van der Waals surface area contributed by atoms with Gasteiger partial charge in [0.15, 0.2) is 0 Å². The number of nitrogens with one attached hydrogen (secondary N) is 1. The van der Waals surface area contributed by atoms with Crippen molar-refractivity contribution in [3.05, 3.63) is 16.0 Å². The number of primary amides is 1. The molecule has 0 aliphatic heterocycles. The van der Waals surface area contributed by atoms with Gasteiger partial charge in [-0.05, 0) is 61.8 Å². The molecule has 3 N–H and O–H groups in total. The molecule has 0 unspecified atom stereocenters. The second-order valence-corrected chi connectivity index (χ2v) is 8.97. The molecular weight excluding hydrogens is 320 g/mol. The van der Waals surface area contributed by atoms with Crippen LogP contribution in [0, 0.1) is 23.7 Å². The number of nitrogens with two attached hydrogens (primary N) is 1. The van der Waals surface area contributed by atoms with E-state index in [1.54, 1.807) is 11.3 Å². The van der Waals surface area contributed by atoms with Crippen molar-refractivity contribution < 1.29 is 9.59 Å². The summed E-state index contributed by atoms with van der Waals surface area (Å²) in [7, 11) is 0. The highest BCUT2D eigenvalue weighted by Crippen LogP contribution is 2.49. The first-order valence-corrected chi connectivity index (χ1v) is 10.1. The number of fused-ring (bicyclic) bond motifs is 3. The van der Waals surface area contributed by atoms with Gasteiger partial charge in [0.25, 0.3) is 5.91 Å². The van der Waals surface area contributed by atoms with Crippen molar-refractivity contribution in [1.29, 1.82) is 0 Å². The summed E-state index contributed by atoms with van der Waals surface area (Å²) < 4.78 is 0. The molecule has 2 saturated carbocycles. The Labute approximate surface area is 147 Å². The average molecular weight is 346 g/mol. The van der Waals surface area contributed by atoms with Crippen LogP contribution < -0.4 is 11.1 Å². The summed E-state index contributed by atoms with van der Waals surface area (Å²) in [6.45, 7) is 2.22. The molecule has 1 aromatic rings. The van der Waals surface area contributed by atoms with Crippen molar-refractivity contribution in [2.75, 3.05) is 5.32 Å². The molecule has 4 rings (SSSR count). The third-order valence-electron chi connectivity index (χ3n) is 6.50. The Hall–Kier alpha value is -1.36. The molecule has 0 radical (unpaired) electrons. The molecule has 2 amide bonds. The number of thiophene rings is 1. The van der Waals surface area contributed by atoms with Gasteiger partial charge in [-0.1, -0.05) is 19.8 Å². The fourth-order valence-electron chi connectivity index (χ4n) is 5.12. The van der Waals surface area contributed by atoms with E-state index in [1.807, 2.05) is 0 Å². The van der Waals surface area contributed by atoms with Gasteiger partial charge >= 0.3 is 0 Å². The summed E-state index contributed by atoms with van der Waals surface area (Å²) >= 11 is 1.58. The molecule has 0 spiro atoms. The second kappa shape index (κ2) is 6.17. The highest BCUT2D eigenvalue weighted by atomic mass is 32.1. The normalized spacial score (nSPS) is 31.0. The van der Waals surface area contributed by atoms with Crippen LogP contribution in [-0.2, 0) is 17.6 Å². The summed E-state index contributed by atoms with van der Waals surface area (Å²) in [6.07, 6.45) is 8.90. The van der Waals surface area contributed by atoms with E-state index in [0.717, 1.165) is 43.6 Å². The zero-order chi connectivity index (χ0) is 16.8. The molecule has 130 valence electrons. The molecule has 2 fully saturated rings. The smallest absolute Gasteiger partial charge is 0.251 e. The van der Waals surface area contributed by atoms with Crippen molar-refractivity contribution in [3.63, 3.8) is 0 Å². The molecular formula is C19H26N2O2S. The minimum absolute atomic E-state index is 0.107. The number of hydrogen-bond acceptors (Lipinski definition) is 3. The van der Waals surface area contributed by atoms with Gasteiger partial charge in [-0.25, -0.2) is 0 Å². The van der Waals surface area contributed by atoms with Crippen LogP contribution in [0.4, 0.5) is 5.00 Å². The van der Waals surface area contributed by atoms with Gasteiger partial charge in [-0.3, -0.25) is 9.59 Å². The third kappa shape index (κ3) is 2.67. The Morgan fingerprint density at radius 1 is 1.25 bits per heavy atom. The standard InChI is InChI=1S/C19H26N2O2S/c1-2-10-4-6-13-15(9-10)24-19(16(13)17(20)22)21-18(23)14-8-11-3-5-12(14)7-11/h10-12,14H,2-9H2,1H3,(H2,20,22)(H,21,23)/t10-,11-,12+,14-/m1/s1. The number of carbonyl (C=O) groups is 2. The molecule has 24 heavy (non-hydrogen) atoms. The van der Waals surface area contributed by atoms with Gasteiger partial charge in [0, 0.05) is 10.8 Å². The van der Waals surface area contributed by atoms with Gasteiger partial charge in [0.05, 0.1) is 5.56 Å². The first kappa shape index (κ1) is 16.1. The fourth-order valence-corrected chi connectivity index (χ4v) is 6.49. The number of carbonyl (C=O) groups excluding carboxylic acids is 2. The van der Waals surface area contributed by atoms with E-state index in [1.165, 1.54) is 24.1 Å². The van der Waals surface area contributed by atoms with E-state index < -0.39 is 5.91 Å². The minimum Gasteiger partial charge on any atom is -0.365 e. The number of hydrogen-bond donors (Lipinski definition) is 2. The lowest BCUT2D eigenvalue weighted by atomic mass is 9.85. The SMILES string of the molecule is CC[C@@H]1CCc2c(sc(NC(=O)[C@@H]3C[C@@H]4CC[C@H]3C4)c2C(N)=O)C1. The minimum atomic E-state index is -0.398. The Morgan fingerprint density at radius 2 is 2.08 bits per heavy atom. The van der Waals surface area contributed by atoms with Crippen LogP contribution in [0.1, 0.15) is 66.2 Å². The number of amides is 2. The zero-order valence-corrected chi connectivity index (χ0v) is 15.1. The molecule has 5 heteroatoms. The van der Waals surface area contributed by atoms with Gasteiger partial charge in [0.2, 0.25) is 5.91 Å². The van der Waals surface area contributed by atoms with Crippen LogP contribution in [0.2, 0.25) is 0 Å². The lowest BCUT2D eigenvalue weighted by molar-refractivity contribution is -0.121. The zero-order valence-electron chi connectivity index (χ0n) is 14.3. The summed E-state index contributed by atoms with van der Waals surface area (Å²) in [5.74, 6) is 1.81. The maximum absolute atomic E-state index is 12.8. The van der Waals surface area contributed by atoms with Crippen molar-refractivity contribution in [2.45, 2.75) is 58.3 Å². The van der Waals surface area contributed by atoms with Crippen molar-refractivity contribution >= 4 is 28.2 Å². The number of rotatable bonds is 4. The molecule has 3 aliphatic carbocycles. The lowest BCUT2D eigenvalue weighted by Gasteiger charge is -2.21. The molecule has 1 heterocycles. The molecule has 3 aliphatic rings. The van der Waals surface area contributed by atoms with E-state index in [-0.39, 0.29) is 11.8 Å². The molecule has 0 saturated heterocycles. The van der Waals surface area contributed by atoms with Crippen molar-refractivity contribution in [3.8, 4) is 0 Å². The van der Waals surface area contributed by atoms with E-state index in [4.69, 9.17) is 5.73 Å². The van der Waals surface area contributed by atoms with Crippen LogP contribution in [0.25, 0.3) is 0 Å². The second-order valence-electron chi connectivity index (χ2n) is 7.86. The van der Waals surface area contributed by atoms with Gasteiger partial charge < -0.3 is 11.1 Å². The summed E-state index contributed by atoms with van der Waals surface area (Å²) in [4.78, 5) is 26.0. The predicted molar refractivity (Wildman–Crippen MR) is 96.2 cm³/mol. The average Bonchev–Trinajstić information content (AvgIpc) is 3.26. The van der Waals surface area contributed by atoms with Crippen molar-refractivity contribution in [1.82, 2.24) is 0 Å². The fraction of sp³-hybridized carbons (Fsp3) is 0.684. The maximum atomic E-state index is 12.8. The van der Waals surface area contributed by atoms with E-state index >= 15 is 0 Å². The highest BCUT2D eigenvalue weighted by Gasteiger charge is 2.43. The van der Waals surface area contributed by atoms with E-state index in [9.17, 15) is 9.59 Å². The van der Waals surface area contributed by atoms with Crippen LogP contribution in [0.3, 0.4) is 0 Å². The summed E-state index contributed by atoms with van der Waals surface area (Å²) in [5.41, 5.74) is 7.34. The third-order valence-corrected chi connectivity index (χ3v) is 7.67. The quantitative estimate of drug-likeness (QED) is 0.872. The Morgan fingerprint density at radius 3 is 2.71 bits per heavy atom. The van der Waals surface area contributed by atoms with E-state index in [2.05, 4.69) is 12.2 Å². The van der Waals surface area contributed by atoms with Crippen LogP contribution >= 0.6 is 11.3 Å². The summed E-state index contributed by atoms with van der Waals surface area (Å²) in [6, 6.07) is 0. The topological polar surface area (TPSA) is 72.2 Å². The van der Waals surface area contributed by atoms with Crippen LogP contribution in [0.5, 0.6) is 0 Å². The molecule has 4 nitrogen and oxygen atoms in total. The Kier molecular flexibility index (Phi) is 4.15. The monoisotopic (exact) mass is 346 g/mol. The largest absolute Gasteiger partial charge is 0.365 e. The van der Waals surface area contributed by atoms with E-state index in [0.29, 0.717) is 22.4 Å². The Balaban J connectivity index is 1.57. The Bertz CT molecular complexity index is 681. The molecule has 0 aromatic carbocycles. The molecule has 1 aromatic heterocycles. The highest BCUT2D eigenvalue weighted by molar-refractivity contribution is 7.17. The van der Waals surface area contributed by atoms with Gasteiger partial charge in [-0.15, -0.1) is 11.3 Å². The molecule has 2 bridgehead atoms. The van der Waals surface area contributed by atoms with Crippen LogP contribution in [-0.4, -0.2) is 11.8 Å².